The van der Waals surface area contributed by atoms with Crippen molar-refractivity contribution in [3.63, 3.8) is 0 Å². The van der Waals surface area contributed by atoms with Gasteiger partial charge in [0.05, 0.1) is 0 Å². The first-order chi connectivity index (χ1) is 8.47. The molecule has 1 spiro atoms. The van der Waals surface area contributed by atoms with E-state index >= 15 is 0 Å². The van der Waals surface area contributed by atoms with Crippen LogP contribution < -0.4 is 5.32 Å². The molecule has 1 heterocycles. The molecule has 0 unspecified atom stereocenters. The Labute approximate surface area is 107 Å². The maximum atomic E-state index is 12.4. The van der Waals surface area contributed by atoms with Crippen molar-refractivity contribution >= 4 is 17.7 Å². The number of hydrogen-bond donors (Lipinski definition) is 1. The van der Waals surface area contributed by atoms with Crippen LogP contribution in [0, 0.1) is 5.92 Å². The standard InChI is InChI=1S/C13H20N2O3/c1-9-5-3-4-7-13(9)11(17)15(12(18)14-13)8-6-10(2)16/h9H,3-8H2,1-2H3,(H,14,18)/t9-,13-/m1/s1. The summed E-state index contributed by atoms with van der Waals surface area (Å²) in [6.45, 7) is 3.69. The van der Waals surface area contributed by atoms with Crippen LogP contribution >= 0.6 is 0 Å². The minimum Gasteiger partial charge on any atom is -0.323 e. The van der Waals surface area contributed by atoms with E-state index < -0.39 is 5.54 Å². The summed E-state index contributed by atoms with van der Waals surface area (Å²) in [4.78, 5) is 36.5. The molecule has 2 rings (SSSR count). The Morgan fingerprint density at radius 2 is 2.17 bits per heavy atom. The molecule has 1 aliphatic carbocycles. The second-order valence-electron chi connectivity index (χ2n) is 5.46. The van der Waals surface area contributed by atoms with Crippen LogP contribution in [-0.4, -0.2) is 34.7 Å². The van der Waals surface area contributed by atoms with Crippen LogP contribution in [0.4, 0.5) is 4.79 Å². The Kier molecular flexibility index (Phi) is 3.41. The monoisotopic (exact) mass is 252 g/mol. The molecule has 5 heteroatoms. The lowest BCUT2D eigenvalue weighted by Gasteiger charge is -2.36. The first-order valence-electron chi connectivity index (χ1n) is 6.61. The van der Waals surface area contributed by atoms with Crippen LogP contribution in [0.2, 0.25) is 0 Å². The van der Waals surface area contributed by atoms with Crippen molar-refractivity contribution in [1.29, 1.82) is 0 Å². The van der Waals surface area contributed by atoms with Crippen molar-refractivity contribution in [3.8, 4) is 0 Å². The number of imide groups is 1. The van der Waals surface area contributed by atoms with Crippen molar-refractivity contribution in [2.45, 2.75) is 51.5 Å². The van der Waals surface area contributed by atoms with Gasteiger partial charge in [0.1, 0.15) is 11.3 Å². The molecule has 1 aliphatic heterocycles. The number of hydrogen-bond acceptors (Lipinski definition) is 3. The Balaban J connectivity index is 2.14. The molecule has 3 amide bonds. The number of carbonyl (C=O) groups is 3. The van der Waals surface area contributed by atoms with E-state index in [-0.39, 0.29) is 36.6 Å². The summed E-state index contributed by atoms with van der Waals surface area (Å²) in [6.07, 6.45) is 4.00. The van der Waals surface area contributed by atoms with Crippen molar-refractivity contribution in [2.24, 2.45) is 5.92 Å². The highest BCUT2D eigenvalue weighted by Crippen LogP contribution is 2.38. The number of Topliss-reactive ketones (excluding diaryl/α,β-unsaturated/α-hetero) is 1. The van der Waals surface area contributed by atoms with Gasteiger partial charge in [0.2, 0.25) is 0 Å². The lowest BCUT2D eigenvalue weighted by molar-refractivity contribution is -0.134. The molecule has 0 radical (unpaired) electrons. The minimum absolute atomic E-state index is 0.00626. The van der Waals surface area contributed by atoms with Gasteiger partial charge in [-0.2, -0.15) is 0 Å². The lowest BCUT2D eigenvalue weighted by atomic mass is 9.73. The Bertz CT molecular complexity index is 394. The lowest BCUT2D eigenvalue weighted by Crippen LogP contribution is -2.53. The van der Waals surface area contributed by atoms with E-state index in [2.05, 4.69) is 5.32 Å². The third-order valence-corrected chi connectivity index (χ3v) is 4.19. The highest BCUT2D eigenvalue weighted by Gasteiger charge is 2.54. The van der Waals surface area contributed by atoms with Gasteiger partial charge in [-0.25, -0.2) is 4.79 Å². The molecule has 0 bridgehead atoms. The molecule has 1 N–H and O–H groups in total. The number of urea groups is 1. The van der Waals surface area contributed by atoms with Crippen LogP contribution in [0.3, 0.4) is 0 Å². The predicted octanol–water partition coefficient (Wildman–Crippen LogP) is 1.47. The number of nitrogens with zero attached hydrogens (tertiary/aromatic N) is 1. The summed E-state index contributed by atoms with van der Waals surface area (Å²) in [7, 11) is 0. The van der Waals surface area contributed by atoms with E-state index in [1.54, 1.807) is 0 Å². The summed E-state index contributed by atoms with van der Waals surface area (Å²) in [5.74, 6) is 0.0271. The molecule has 2 atom stereocenters. The molecule has 100 valence electrons. The SMILES string of the molecule is CC(=O)CCN1C(=O)N[C@@]2(CCCC[C@H]2C)C1=O. The minimum atomic E-state index is -0.702. The number of nitrogens with one attached hydrogen (secondary N) is 1. The van der Waals surface area contributed by atoms with E-state index in [1.165, 1.54) is 11.8 Å². The summed E-state index contributed by atoms with van der Waals surface area (Å²) >= 11 is 0. The first-order valence-corrected chi connectivity index (χ1v) is 6.61. The fourth-order valence-corrected chi connectivity index (χ4v) is 2.97. The van der Waals surface area contributed by atoms with E-state index in [1.807, 2.05) is 6.92 Å². The van der Waals surface area contributed by atoms with Gasteiger partial charge >= 0.3 is 6.03 Å². The van der Waals surface area contributed by atoms with Gasteiger partial charge < -0.3 is 5.32 Å². The summed E-state index contributed by atoms with van der Waals surface area (Å²) < 4.78 is 0. The van der Waals surface area contributed by atoms with Crippen LogP contribution in [0.15, 0.2) is 0 Å². The van der Waals surface area contributed by atoms with E-state index in [9.17, 15) is 14.4 Å². The normalized spacial score (nSPS) is 31.9. The van der Waals surface area contributed by atoms with Gasteiger partial charge in [-0.1, -0.05) is 19.8 Å². The zero-order valence-corrected chi connectivity index (χ0v) is 11.0. The number of rotatable bonds is 3. The Morgan fingerprint density at radius 3 is 2.78 bits per heavy atom. The summed E-state index contributed by atoms with van der Waals surface area (Å²) in [5.41, 5.74) is -0.702. The van der Waals surface area contributed by atoms with Gasteiger partial charge in [0, 0.05) is 13.0 Å². The zero-order valence-electron chi connectivity index (χ0n) is 11.0. The van der Waals surface area contributed by atoms with E-state index in [0.717, 1.165) is 25.7 Å². The Morgan fingerprint density at radius 1 is 1.44 bits per heavy atom. The molecule has 0 aromatic rings. The number of ketones is 1. The van der Waals surface area contributed by atoms with Gasteiger partial charge in [0.15, 0.2) is 0 Å². The maximum absolute atomic E-state index is 12.4. The molecule has 5 nitrogen and oxygen atoms in total. The predicted molar refractivity (Wildman–Crippen MR) is 65.9 cm³/mol. The zero-order chi connectivity index (χ0) is 13.3. The van der Waals surface area contributed by atoms with Gasteiger partial charge in [-0.05, 0) is 25.7 Å². The fourth-order valence-electron chi connectivity index (χ4n) is 2.97. The summed E-state index contributed by atoms with van der Waals surface area (Å²) in [6, 6.07) is -0.338. The molecule has 0 aromatic heterocycles. The molecule has 2 fully saturated rings. The number of carbonyl (C=O) groups excluding carboxylic acids is 3. The second kappa shape index (κ2) is 4.71. The van der Waals surface area contributed by atoms with E-state index in [0.29, 0.717) is 0 Å². The third-order valence-electron chi connectivity index (χ3n) is 4.19. The molecule has 1 saturated carbocycles. The molecular formula is C13H20N2O3. The maximum Gasteiger partial charge on any atom is 0.325 e. The third kappa shape index (κ3) is 2.02. The van der Waals surface area contributed by atoms with Gasteiger partial charge in [0.25, 0.3) is 5.91 Å². The number of amides is 3. The smallest absolute Gasteiger partial charge is 0.323 e. The van der Waals surface area contributed by atoms with Gasteiger partial charge in [-0.3, -0.25) is 14.5 Å². The quantitative estimate of drug-likeness (QED) is 0.773. The molecule has 2 aliphatic rings. The van der Waals surface area contributed by atoms with Crippen molar-refractivity contribution in [2.75, 3.05) is 6.54 Å². The highest BCUT2D eigenvalue weighted by atomic mass is 16.2. The average Bonchev–Trinajstić information content (AvgIpc) is 2.54. The molecule has 18 heavy (non-hydrogen) atoms. The van der Waals surface area contributed by atoms with Crippen LogP contribution in [0.25, 0.3) is 0 Å². The van der Waals surface area contributed by atoms with Crippen LogP contribution in [0.5, 0.6) is 0 Å². The van der Waals surface area contributed by atoms with E-state index in [4.69, 9.17) is 0 Å². The largest absolute Gasteiger partial charge is 0.325 e. The topological polar surface area (TPSA) is 66.5 Å². The molecule has 1 saturated heterocycles. The Hall–Kier alpha value is -1.39. The average molecular weight is 252 g/mol. The van der Waals surface area contributed by atoms with Crippen LogP contribution in [-0.2, 0) is 9.59 Å². The van der Waals surface area contributed by atoms with Crippen molar-refractivity contribution in [3.05, 3.63) is 0 Å². The highest BCUT2D eigenvalue weighted by molar-refractivity contribution is 6.07. The first kappa shape index (κ1) is 13.1. The molecular weight excluding hydrogens is 232 g/mol. The van der Waals surface area contributed by atoms with Crippen molar-refractivity contribution in [1.82, 2.24) is 10.2 Å². The van der Waals surface area contributed by atoms with Crippen molar-refractivity contribution < 1.29 is 14.4 Å². The fraction of sp³-hybridized carbons (Fsp3) is 0.769. The molecule has 0 aromatic carbocycles. The summed E-state index contributed by atoms with van der Waals surface area (Å²) in [5, 5.41) is 2.87. The van der Waals surface area contributed by atoms with Crippen LogP contribution in [0.1, 0.15) is 46.0 Å². The second-order valence-corrected chi connectivity index (χ2v) is 5.46. The van der Waals surface area contributed by atoms with Gasteiger partial charge in [-0.15, -0.1) is 0 Å².